The Hall–Kier alpha value is -0.0800. The Balaban J connectivity index is 2.21. The van der Waals surface area contributed by atoms with Gasteiger partial charge in [0, 0.05) is 12.6 Å². The standard InChI is InChI=1S/C15H32N2/c1-5-7-15(6-2)17-9-8-14(12-17)11-16-10-13(3)4/h13-16H,5-12H2,1-4H3. The summed E-state index contributed by atoms with van der Waals surface area (Å²) < 4.78 is 0. The molecule has 0 saturated carbocycles. The van der Waals surface area contributed by atoms with Gasteiger partial charge >= 0.3 is 0 Å². The maximum absolute atomic E-state index is 3.61. The van der Waals surface area contributed by atoms with Gasteiger partial charge in [0.1, 0.15) is 0 Å². The molecule has 0 aromatic carbocycles. The summed E-state index contributed by atoms with van der Waals surface area (Å²) in [4.78, 5) is 2.73. The summed E-state index contributed by atoms with van der Waals surface area (Å²) in [5, 5.41) is 3.61. The molecule has 0 spiro atoms. The first-order valence-electron chi connectivity index (χ1n) is 7.62. The van der Waals surface area contributed by atoms with E-state index < -0.39 is 0 Å². The van der Waals surface area contributed by atoms with Gasteiger partial charge in [-0.3, -0.25) is 0 Å². The fourth-order valence-electron chi connectivity index (χ4n) is 2.92. The van der Waals surface area contributed by atoms with E-state index in [0.717, 1.165) is 17.9 Å². The molecule has 1 fully saturated rings. The third kappa shape index (κ3) is 5.39. The molecule has 1 heterocycles. The van der Waals surface area contributed by atoms with E-state index in [2.05, 4.69) is 37.9 Å². The number of nitrogens with one attached hydrogen (secondary N) is 1. The minimum Gasteiger partial charge on any atom is -0.316 e. The molecular formula is C15H32N2. The molecule has 17 heavy (non-hydrogen) atoms. The molecule has 1 aliphatic rings. The predicted molar refractivity (Wildman–Crippen MR) is 76.4 cm³/mol. The summed E-state index contributed by atoms with van der Waals surface area (Å²) in [5.41, 5.74) is 0. The molecule has 2 atom stereocenters. The Labute approximate surface area is 108 Å². The summed E-state index contributed by atoms with van der Waals surface area (Å²) in [6, 6.07) is 0.843. The molecule has 0 bridgehead atoms. The van der Waals surface area contributed by atoms with Gasteiger partial charge in [-0.05, 0) is 50.7 Å². The molecule has 2 nitrogen and oxygen atoms in total. The lowest BCUT2D eigenvalue weighted by Gasteiger charge is -2.26. The predicted octanol–water partition coefficient (Wildman–Crippen LogP) is 3.13. The van der Waals surface area contributed by atoms with Gasteiger partial charge in [-0.15, -0.1) is 0 Å². The monoisotopic (exact) mass is 240 g/mol. The van der Waals surface area contributed by atoms with Crippen molar-refractivity contribution in [3.63, 3.8) is 0 Å². The molecular weight excluding hydrogens is 208 g/mol. The highest BCUT2D eigenvalue weighted by Gasteiger charge is 2.26. The highest BCUT2D eigenvalue weighted by molar-refractivity contribution is 4.81. The van der Waals surface area contributed by atoms with Crippen molar-refractivity contribution in [3.8, 4) is 0 Å². The van der Waals surface area contributed by atoms with Crippen LogP contribution in [0.4, 0.5) is 0 Å². The molecule has 0 aliphatic carbocycles. The van der Waals surface area contributed by atoms with Crippen molar-refractivity contribution in [3.05, 3.63) is 0 Å². The number of hydrogen-bond acceptors (Lipinski definition) is 2. The Morgan fingerprint density at radius 1 is 1.29 bits per heavy atom. The fraction of sp³-hybridized carbons (Fsp3) is 1.00. The van der Waals surface area contributed by atoms with Crippen molar-refractivity contribution < 1.29 is 0 Å². The summed E-state index contributed by atoms with van der Waals surface area (Å²) >= 11 is 0. The fourth-order valence-corrected chi connectivity index (χ4v) is 2.92. The highest BCUT2D eigenvalue weighted by Crippen LogP contribution is 2.21. The quantitative estimate of drug-likeness (QED) is 0.701. The summed E-state index contributed by atoms with van der Waals surface area (Å²) in [6.07, 6.45) is 5.42. The van der Waals surface area contributed by atoms with Crippen molar-refractivity contribution in [1.82, 2.24) is 10.2 Å². The van der Waals surface area contributed by atoms with E-state index in [4.69, 9.17) is 0 Å². The minimum absolute atomic E-state index is 0.774. The Morgan fingerprint density at radius 3 is 2.65 bits per heavy atom. The smallest absolute Gasteiger partial charge is 0.00926 e. The zero-order valence-electron chi connectivity index (χ0n) is 12.3. The third-order valence-corrected chi connectivity index (χ3v) is 3.91. The van der Waals surface area contributed by atoms with E-state index in [1.807, 2.05) is 0 Å². The number of rotatable bonds is 8. The largest absolute Gasteiger partial charge is 0.316 e. The van der Waals surface area contributed by atoms with Gasteiger partial charge in [0.25, 0.3) is 0 Å². The van der Waals surface area contributed by atoms with Crippen LogP contribution in [0.15, 0.2) is 0 Å². The van der Waals surface area contributed by atoms with Crippen LogP contribution in [0, 0.1) is 11.8 Å². The third-order valence-electron chi connectivity index (χ3n) is 3.91. The van der Waals surface area contributed by atoms with Crippen LogP contribution in [0.1, 0.15) is 53.4 Å². The second kappa shape index (κ2) is 8.10. The van der Waals surface area contributed by atoms with E-state index in [-0.39, 0.29) is 0 Å². The molecule has 0 aromatic rings. The second-order valence-corrected chi connectivity index (χ2v) is 6.05. The topological polar surface area (TPSA) is 15.3 Å². The molecule has 102 valence electrons. The summed E-state index contributed by atoms with van der Waals surface area (Å²) in [6.45, 7) is 14.2. The van der Waals surface area contributed by atoms with Crippen LogP contribution in [0.3, 0.4) is 0 Å². The van der Waals surface area contributed by atoms with Crippen LogP contribution in [-0.4, -0.2) is 37.1 Å². The first-order chi connectivity index (χ1) is 8.17. The van der Waals surface area contributed by atoms with Gasteiger partial charge in [0.2, 0.25) is 0 Å². The van der Waals surface area contributed by atoms with Crippen LogP contribution < -0.4 is 5.32 Å². The lowest BCUT2D eigenvalue weighted by Crippen LogP contribution is -2.34. The molecule has 0 radical (unpaired) electrons. The van der Waals surface area contributed by atoms with Gasteiger partial charge < -0.3 is 10.2 Å². The van der Waals surface area contributed by atoms with Crippen LogP contribution in [0.5, 0.6) is 0 Å². The van der Waals surface area contributed by atoms with E-state index in [1.165, 1.54) is 51.9 Å². The molecule has 0 aromatic heterocycles. The SMILES string of the molecule is CCCC(CC)N1CCC(CNCC(C)C)C1. The highest BCUT2D eigenvalue weighted by atomic mass is 15.2. The number of hydrogen-bond donors (Lipinski definition) is 1. The van der Waals surface area contributed by atoms with Crippen molar-refractivity contribution in [2.24, 2.45) is 11.8 Å². The molecule has 2 unspecified atom stereocenters. The molecule has 2 heteroatoms. The zero-order valence-corrected chi connectivity index (χ0v) is 12.3. The molecule has 1 N–H and O–H groups in total. The summed E-state index contributed by atoms with van der Waals surface area (Å²) in [5.74, 6) is 1.66. The van der Waals surface area contributed by atoms with Gasteiger partial charge in [-0.25, -0.2) is 0 Å². The number of nitrogens with zero attached hydrogens (tertiary/aromatic N) is 1. The van der Waals surface area contributed by atoms with Crippen LogP contribution in [0.25, 0.3) is 0 Å². The van der Waals surface area contributed by atoms with E-state index in [0.29, 0.717) is 0 Å². The van der Waals surface area contributed by atoms with Crippen molar-refractivity contribution in [2.45, 2.75) is 59.4 Å². The lowest BCUT2D eigenvalue weighted by molar-refractivity contribution is 0.214. The normalized spacial score (nSPS) is 23.5. The second-order valence-electron chi connectivity index (χ2n) is 6.05. The van der Waals surface area contributed by atoms with Crippen molar-refractivity contribution in [1.29, 1.82) is 0 Å². The van der Waals surface area contributed by atoms with Crippen molar-refractivity contribution in [2.75, 3.05) is 26.2 Å². The molecule has 1 aliphatic heterocycles. The van der Waals surface area contributed by atoms with E-state index >= 15 is 0 Å². The van der Waals surface area contributed by atoms with Gasteiger partial charge in [0.15, 0.2) is 0 Å². The van der Waals surface area contributed by atoms with E-state index in [9.17, 15) is 0 Å². The Bertz CT molecular complexity index is 191. The summed E-state index contributed by atoms with van der Waals surface area (Å²) in [7, 11) is 0. The molecule has 1 rings (SSSR count). The van der Waals surface area contributed by atoms with Crippen LogP contribution in [-0.2, 0) is 0 Å². The average molecular weight is 240 g/mol. The van der Waals surface area contributed by atoms with Gasteiger partial charge in [-0.1, -0.05) is 34.1 Å². The molecule has 1 saturated heterocycles. The van der Waals surface area contributed by atoms with Crippen molar-refractivity contribution >= 4 is 0 Å². The van der Waals surface area contributed by atoms with E-state index in [1.54, 1.807) is 0 Å². The Kier molecular flexibility index (Phi) is 7.14. The number of likely N-dealkylation sites (tertiary alicyclic amines) is 1. The van der Waals surface area contributed by atoms with Gasteiger partial charge in [0.05, 0.1) is 0 Å². The average Bonchev–Trinajstić information content (AvgIpc) is 2.74. The maximum Gasteiger partial charge on any atom is 0.00926 e. The minimum atomic E-state index is 0.774. The van der Waals surface area contributed by atoms with Crippen LogP contribution >= 0.6 is 0 Å². The molecule has 0 amide bonds. The zero-order chi connectivity index (χ0) is 12.7. The van der Waals surface area contributed by atoms with Gasteiger partial charge in [-0.2, -0.15) is 0 Å². The Morgan fingerprint density at radius 2 is 2.06 bits per heavy atom. The lowest BCUT2D eigenvalue weighted by atomic mass is 10.1. The first-order valence-corrected chi connectivity index (χ1v) is 7.62. The maximum atomic E-state index is 3.61. The van der Waals surface area contributed by atoms with Crippen LogP contribution in [0.2, 0.25) is 0 Å². The first kappa shape index (κ1) is 15.0.